The number of H-pyrrole nitrogens is 1. The number of amides is 1. The van der Waals surface area contributed by atoms with Crippen molar-refractivity contribution in [2.45, 2.75) is 65.5 Å². The Morgan fingerprint density at radius 3 is 2.71 bits per heavy atom. The Labute approximate surface area is 180 Å². The number of carbonyl (C=O) groups excluding carboxylic acids is 1. The molecule has 0 radical (unpaired) electrons. The van der Waals surface area contributed by atoms with E-state index < -0.39 is 11.2 Å². The molecule has 0 saturated heterocycles. The fourth-order valence-corrected chi connectivity index (χ4v) is 4.21. The second-order valence-corrected chi connectivity index (χ2v) is 8.50. The van der Waals surface area contributed by atoms with Crippen molar-refractivity contribution in [3.63, 3.8) is 0 Å². The van der Waals surface area contributed by atoms with Crippen LogP contribution in [0.1, 0.15) is 72.3 Å². The summed E-state index contributed by atoms with van der Waals surface area (Å²) in [5.41, 5.74) is 3.87. The van der Waals surface area contributed by atoms with E-state index in [1.807, 2.05) is 26.8 Å². The van der Waals surface area contributed by atoms with Gasteiger partial charge in [0, 0.05) is 18.8 Å². The topological polar surface area (TPSA) is 96.9 Å². The minimum Gasteiger partial charge on any atom is -0.348 e. The lowest BCUT2D eigenvalue weighted by Crippen LogP contribution is -2.33. The van der Waals surface area contributed by atoms with Crippen LogP contribution < -0.4 is 16.6 Å². The van der Waals surface area contributed by atoms with Crippen molar-refractivity contribution in [2.75, 3.05) is 0 Å². The molecule has 0 atom stereocenters. The predicted molar refractivity (Wildman–Crippen MR) is 121 cm³/mol. The van der Waals surface area contributed by atoms with E-state index in [2.05, 4.69) is 27.4 Å². The molecule has 7 heteroatoms. The van der Waals surface area contributed by atoms with E-state index in [0.717, 1.165) is 18.4 Å². The first-order chi connectivity index (χ1) is 14.9. The first-order valence-corrected chi connectivity index (χ1v) is 11.0. The van der Waals surface area contributed by atoms with E-state index >= 15 is 0 Å². The maximum Gasteiger partial charge on any atom is 0.329 e. The highest BCUT2D eigenvalue weighted by atomic mass is 16.2. The Morgan fingerprint density at radius 1 is 1.19 bits per heavy atom. The summed E-state index contributed by atoms with van der Waals surface area (Å²) in [6.07, 6.45) is 4.07. The highest BCUT2D eigenvalue weighted by molar-refractivity contribution is 6.05. The van der Waals surface area contributed by atoms with Crippen LogP contribution in [0.15, 0.2) is 33.9 Å². The second-order valence-electron chi connectivity index (χ2n) is 8.50. The lowest BCUT2D eigenvalue weighted by molar-refractivity contribution is 0.0952. The Morgan fingerprint density at radius 2 is 1.97 bits per heavy atom. The molecule has 0 fully saturated rings. The molecule has 0 saturated carbocycles. The summed E-state index contributed by atoms with van der Waals surface area (Å²) < 4.78 is 1.44. The number of carbonyl (C=O) groups is 1. The van der Waals surface area contributed by atoms with E-state index in [9.17, 15) is 14.4 Å². The number of hydrogen-bond acceptors (Lipinski definition) is 4. The molecular formula is C24H28N4O3. The second kappa shape index (κ2) is 8.49. The number of pyridine rings is 1. The van der Waals surface area contributed by atoms with E-state index in [-0.39, 0.29) is 28.4 Å². The lowest BCUT2D eigenvalue weighted by Gasteiger charge is -2.14. The maximum atomic E-state index is 13.2. The molecule has 1 aliphatic rings. The van der Waals surface area contributed by atoms with E-state index in [1.54, 1.807) is 6.07 Å². The summed E-state index contributed by atoms with van der Waals surface area (Å²) in [5.74, 6) is -0.306. The lowest BCUT2D eigenvalue weighted by atomic mass is 10.0. The Kier molecular flexibility index (Phi) is 5.76. The largest absolute Gasteiger partial charge is 0.348 e. The zero-order valence-electron chi connectivity index (χ0n) is 18.2. The highest BCUT2D eigenvalue weighted by Gasteiger charge is 2.20. The Balaban J connectivity index is 1.74. The predicted octanol–water partition coefficient (Wildman–Crippen LogP) is 3.04. The third-order valence-electron chi connectivity index (χ3n) is 5.87. The fourth-order valence-electron chi connectivity index (χ4n) is 4.21. The van der Waals surface area contributed by atoms with Gasteiger partial charge in [0.2, 0.25) is 0 Å². The quantitative estimate of drug-likeness (QED) is 0.641. The molecule has 0 bridgehead atoms. The summed E-state index contributed by atoms with van der Waals surface area (Å²) in [5, 5.41) is 3.11. The van der Waals surface area contributed by atoms with Gasteiger partial charge in [0.15, 0.2) is 5.65 Å². The third kappa shape index (κ3) is 4.04. The first-order valence-electron chi connectivity index (χ1n) is 11.0. The molecular weight excluding hydrogens is 392 g/mol. The Bertz CT molecular complexity index is 1270. The van der Waals surface area contributed by atoms with Crippen molar-refractivity contribution in [2.24, 2.45) is 0 Å². The summed E-state index contributed by atoms with van der Waals surface area (Å²) in [7, 11) is 0. The van der Waals surface area contributed by atoms with Crippen LogP contribution in [-0.4, -0.2) is 20.4 Å². The van der Waals surface area contributed by atoms with Crippen LogP contribution >= 0.6 is 0 Å². The number of nitrogens with one attached hydrogen (secondary N) is 2. The standard InChI is InChI=1S/C24H28N4O3/c1-4-10-28-21-20(23(30)27-24(28)31)18(12-19(26-21)14(2)3)22(29)25-13-15-8-9-16-6-5-7-17(16)11-15/h8-9,11-12,14H,4-7,10,13H2,1-3H3,(H,25,29)(H,27,30,31). The van der Waals surface area contributed by atoms with Crippen molar-refractivity contribution >= 4 is 16.9 Å². The van der Waals surface area contributed by atoms with Crippen molar-refractivity contribution < 1.29 is 4.79 Å². The molecule has 162 valence electrons. The van der Waals surface area contributed by atoms with Crippen molar-refractivity contribution in [1.29, 1.82) is 0 Å². The van der Waals surface area contributed by atoms with Crippen molar-refractivity contribution in [1.82, 2.24) is 19.9 Å². The minimum absolute atomic E-state index is 0.0390. The summed E-state index contributed by atoms with van der Waals surface area (Å²) >= 11 is 0. The maximum absolute atomic E-state index is 13.2. The summed E-state index contributed by atoms with van der Waals surface area (Å²) in [6.45, 7) is 6.67. The summed E-state index contributed by atoms with van der Waals surface area (Å²) in [4.78, 5) is 45.1. The van der Waals surface area contributed by atoms with Gasteiger partial charge in [0.05, 0.1) is 10.9 Å². The molecule has 2 N–H and O–H groups in total. The molecule has 1 aliphatic carbocycles. The number of rotatable bonds is 6. The molecule has 31 heavy (non-hydrogen) atoms. The molecule has 2 aromatic heterocycles. The summed E-state index contributed by atoms with van der Waals surface area (Å²) in [6, 6.07) is 8.00. The minimum atomic E-state index is -0.585. The van der Waals surface area contributed by atoms with Crippen LogP contribution in [0.4, 0.5) is 0 Å². The van der Waals surface area contributed by atoms with Gasteiger partial charge < -0.3 is 5.32 Å². The van der Waals surface area contributed by atoms with Crippen molar-refractivity contribution in [3.8, 4) is 0 Å². The van der Waals surface area contributed by atoms with Crippen molar-refractivity contribution in [3.05, 3.63) is 73.1 Å². The number of nitrogens with zero attached hydrogens (tertiary/aromatic N) is 2. The van der Waals surface area contributed by atoms with Gasteiger partial charge in [0.25, 0.3) is 11.5 Å². The Hall–Kier alpha value is -3.22. The van der Waals surface area contributed by atoms with Crippen LogP contribution in [0.5, 0.6) is 0 Å². The van der Waals surface area contributed by atoms with Gasteiger partial charge in [-0.2, -0.15) is 0 Å². The average molecular weight is 421 g/mol. The van der Waals surface area contributed by atoms with Gasteiger partial charge in [-0.3, -0.25) is 19.1 Å². The molecule has 0 spiro atoms. The van der Waals surface area contributed by atoms with Gasteiger partial charge in [-0.1, -0.05) is 39.0 Å². The molecule has 2 heterocycles. The van der Waals surface area contributed by atoms with E-state index in [0.29, 0.717) is 25.2 Å². The fraction of sp³-hybridized carbons (Fsp3) is 0.417. The van der Waals surface area contributed by atoms with Crippen LogP contribution in [0.25, 0.3) is 11.0 Å². The van der Waals surface area contributed by atoms with E-state index in [4.69, 9.17) is 0 Å². The SMILES string of the molecule is CCCn1c(=O)[nH]c(=O)c2c(C(=O)NCc3ccc4c(c3)CCC4)cc(C(C)C)nc21. The van der Waals surface area contributed by atoms with Crippen LogP contribution in [0.3, 0.4) is 0 Å². The normalized spacial score (nSPS) is 13.0. The van der Waals surface area contributed by atoms with Gasteiger partial charge in [0.1, 0.15) is 0 Å². The number of aromatic amines is 1. The molecule has 0 aliphatic heterocycles. The molecule has 4 rings (SSSR count). The molecule has 3 aromatic rings. The average Bonchev–Trinajstić information content (AvgIpc) is 3.21. The van der Waals surface area contributed by atoms with Gasteiger partial charge in [-0.05, 0) is 54.4 Å². The third-order valence-corrected chi connectivity index (χ3v) is 5.87. The number of fused-ring (bicyclic) bond motifs is 2. The zero-order chi connectivity index (χ0) is 22.1. The number of aromatic nitrogens is 3. The highest BCUT2D eigenvalue weighted by Crippen LogP contribution is 2.23. The first kappa shape index (κ1) is 21.0. The number of benzene rings is 1. The van der Waals surface area contributed by atoms with Crippen LogP contribution in [0, 0.1) is 0 Å². The van der Waals surface area contributed by atoms with Crippen LogP contribution in [0.2, 0.25) is 0 Å². The monoisotopic (exact) mass is 420 g/mol. The molecule has 1 aromatic carbocycles. The van der Waals surface area contributed by atoms with Gasteiger partial charge >= 0.3 is 5.69 Å². The molecule has 1 amide bonds. The zero-order valence-corrected chi connectivity index (χ0v) is 18.2. The molecule has 0 unspecified atom stereocenters. The van der Waals surface area contributed by atoms with Crippen LogP contribution in [-0.2, 0) is 25.9 Å². The van der Waals surface area contributed by atoms with Gasteiger partial charge in [-0.15, -0.1) is 0 Å². The van der Waals surface area contributed by atoms with E-state index in [1.165, 1.54) is 22.1 Å². The number of aryl methyl sites for hydroxylation is 3. The smallest absolute Gasteiger partial charge is 0.329 e. The molecule has 7 nitrogen and oxygen atoms in total. The van der Waals surface area contributed by atoms with Gasteiger partial charge in [-0.25, -0.2) is 9.78 Å². The number of hydrogen-bond donors (Lipinski definition) is 2.